The molecule has 0 atom stereocenters. The van der Waals surface area contributed by atoms with E-state index in [2.05, 4.69) is 13.8 Å². The molecule has 0 bridgehead atoms. The van der Waals surface area contributed by atoms with Crippen molar-refractivity contribution in [1.82, 2.24) is 0 Å². The van der Waals surface area contributed by atoms with Crippen molar-refractivity contribution < 1.29 is 13.3 Å². The van der Waals surface area contributed by atoms with Crippen molar-refractivity contribution in [2.24, 2.45) is 5.92 Å². The molecule has 0 aromatic rings. The molecule has 0 radical (unpaired) electrons. The number of hydrogen-bond acceptors (Lipinski definition) is 3. The van der Waals surface area contributed by atoms with Crippen LogP contribution in [0.2, 0.25) is 0 Å². The third-order valence-corrected chi connectivity index (χ3v) is 2.85. The summed E-state index contributed by atoms with van der Waals surface area (Å²) in [5, 5.41) is 0. The van der Waals surface area contributed by atoms with Crippen LogP contribution in [0.5, 0.6) is 0 Å². The highest BCUT2D eigenvalue weighted by molar-refractivity contribution is 6.36. The van der Waals surface area contributed by atoms with Crippen molar-refractivity contribution in [3.63, 3.8) is 0 Å². The van der Waals surface area contributed by atoms with Gasteiger partial charge in [-0.25, -0.2) is 0 Å². The molecule has 0 heterocycles. The van der Waals surface area contributed by atoms with Gasteiger partial charge in [-0.05, 0) is 19.8 Å². The lowest BCUT2D eigenvalue weighted by Crippen LogP contribution is -2.28. The smallest absolute Gasteiger partial charge is 0.376 e. The van der Waals surface area contributed by atoms with Gasteiger partial charge in [-0.3, -0.25) is 0 Å². The highest BCUT2D eigenvalue weighted by Crippen LogP contribution is 1.98. The lowest BCUT2D eigenvalue weighted by Gasteiger charge is -2.15. The van der Waals surface area contributed by atoms with Crippen LogP contribution in [0.1, 0.15) is 27.7 Å². The monoisotopic (exact) mass is 192 g/mol. The Morgan fingerprint density at radius 1 is 1.00 bits per heavy atom. The van der Waals surface area contributed by atoms with Crippen LogP contribution in [-0.4, -0.2) is 29.3 Å². The average Bonchev–Trinajstić information content (AvgIpc) is 2.01. The van der Waals surface area contributed by atoms with E-state index in [9.17, 15) is 0 Å². The molecule has 0 saturated carbocycles. The van der Waals surface area contributed by atoms with E-state index in [1.54, 1.807) is 0 Å². The molecule has 0 fully saturated rings. The van der Waals surface area contributed by atoms with Crippen molar-refractivity contribution >= 4 is 9.53 Å². The third-order valence-electron chi connectivity index (χ3n) is 1.17. The first-order valence-electron chi connectivity index (χ1n) is 4.55. The molecule has 0 rings (SSSR count). The van der Waals surface area contributed by atoms with Crippen LogP contribution in [0, 0.1) is 5.92 Å². The van der Waals surface area contributed by atoms with Gasteiger partial charge in [-0.15, -0.1) is 0 Å². The van der Waals surface area contributed by atoms with Crippen molar-refractivity contribution in [2.75, 3.05) is 19.8 Å². The highest BCUT2D eigenvalue weighted by Gasteiger charge is 2.13. The Balaban J connectivity index is 3.48. The van der Waals surface area contributed by atoms with Gasteiger partial charge in [0.2, 0.25) is 0 Å². The van der Waals surface area contributed by atoms with E-state index in [-0.39, 0.29) is 0 Å². The number of hydrogen-bond donors (Lipinski definition) is 0. The van der Waals surface area contributed by atoms with E-state index in [1.165, 1.54) is 0 Å². The van der Waals surface area contributed by atoms with Gasteiger partial charge >= 0.3 is 9.53 Å². The van der Waals surface area contributed by atoms with Crippen molar-refractivity contribution in [3.05, 3.63) is 0 Å². The molecule has 0 spiro atoms. The van der Waals surface area contributed by atoms with Crippen LogP contribution in [0.25, 0.3) is 0 Å². The highest BCUT2D eigenvalue weighted by atomic mass is 28.3. The van der Waals surface area contributed by atoms with E-state index >= 15 is 0 Å². The van der Waals surface area contributed by atoms with Crippen LogP contribution in [0.4, 0.5) is 0 Å². The third kappa shape index (κ3) is 6.79. The Morgan fingerprint density at radius 3 is 1.83 bits per heavy atom. The van der Waals surface area contributed by atoms with E-state index < -0.39 is 9.53 Å². The Morgan fingerprint density at radius 2 is 1.50 bits per heavy atom. The first-order chi connectivity index (χ1) is 5.70. The molecule has 0 aliphatic carbocycles. The Labute approximate surface area is 77.0 Å². The first-order valence-corrected chi connectivity index (χ1v) is 5.96. The van der Waals surface area contributed by atoms with Crippen LogP contribution < -0.4 is 0 Å². The summed E-state index contributed by atoms with van der Waals surface area (Å²) >= 11 is 0. The summed E-state index contributed by atoms with van der Waals surface area (Å²) in [5.41, 5.74) is 0. The second-order valence-electron chi connectivity index (χ2n) is 2.93. The van der Waals surface area contributed by atoms with Crippen LogP contribution in [-0.2, 0) is 13.3 Å². The van der Waals surface area contributed by atoms with Gasteiger partial charge < -0.3 is 13.3 Å². The molecular weight excluding hydrogens is 172 g/mol. The molecule has 0 N–H and O–H groups in total. The molecule has 12 heavy (non-hydrogen) atoms. The number of rotatable bonds is 7. The molecular formula is C8H20O3Si. The minimum absolute atomic E-state index is 0.543. The van der Waals surface area contributed by atoms with E-state index in [0.29, 0.717) is 19.1 Å². The summed E-state index contributed by atoms with van der Waals surface area (Å²) in [5.74, 6) is 0.543. The van der Waals surface area contributed by atoms with Gasteiger partial charge in [0.25, 0.3) is 0 Å². The van der Waals surface area contributed by atoms with E-state index in [0.717, 1.165) is 6.61 Å². The van der Waals surface area contributed by atoms with Crippen LogP contribution in [0.3, 0.4) is 0 Å². The van der Waals surface area contributed by atoms with Crippen LogP contribution in [0.15, 0.2) is 0 Å². The summed E-state index contributed by atoms with van der Waals surface area (Å²) in [4.78, 5) is 0. The largest absolute Gasteiger partial charge is 0.484 e. The maximum absolute atomic E-state index is 5.48. The fourth-order valence-electron chi connectivity index (χ4n) is 0.688. The molecule has 4 heteroatoms. The maximum Gasteiger partial charge on any atom is 0.484 e. The predicted molar refractivity (Wildman–Crippen MR) is 51.2 cm³/mol. The molecule has 0 amide bonds. The standard InChI is InChI=1S/C8H20O3Si/c1-5-9-12(10-6-2)11-7-8(3)4/h8,12H,5-7H2,1-4H3. The van der Waals surface area contributed by atoms with Gasteiger partial charge in [0.15, 0.2) is 0 Å². The molecule has 74 valence electrons. The quantitative estimate of drug-likeness (QED) is 0.571. The molecule has 0 aromatic carbocycles. The maximum atomic E-state index is 5.48. The fraction of sp³-hybridized carbons (Fsp3) is 1.00. The summed E-state index contributed by atoms with van der Waals surface area (Å²) in [6, 6.07) is 0. The minimum Gasteiger partial charge on any atom is -0.376 e. The lowest BCUT2D eigenvalue weighted by atomic mass is 10.2. The van der Waals surface area contributed by atoms with Crippen molar-refractivity contribution in [2.45, 2.75) is 27.7 Å². The Kier molecular flexibility index (Phi) is 7.79. The van der Waals surface area contributed by atoms with Gasteiger partial charge in [-0.2, -0.15) is 0 Å². The molecule has 0 aliphatic rings. The minimum atomic E-state index is -1.79. The predicted octanol–water partition coefficient (Wildman–Crippen LogP) is 1.45. The van der Waals surface area contributed by atoms with Gasteiger partial charge in [-0.1, -0.05) is 13.8 Å². The molecule has 0 unspecified atom stereocenters. The zero-order chi connectivity index (χ0) is 9.40. The fourth-order valence-corrected chi connectivity index (χ4v) is 2.06. The zero-order valence-electron chi connectivity index (χ0n) is 8.50. The van der Waals surface area contributed by atoms with Crippen molar-refractivity contribution in [3.8, 4) is 0 Å². The topological polar surface area (TPSA) is 27.7 Å². The van der Waals surface area contributed by atoms with E-state index in [4.69, 9.17) is 13.3 Å². The second kappa shape index (κ2) is 7.73. The summed E-state index contributed by atoms with van der Waals surface area (Å²) in [7, 11) is -1.79. The van der Waals surface area contributed by atoms with E-state index in [1.807, 2.05) is 13.8 Å². The van der Waals surface area contributed by atoms with Crippen molar-refractivity contribution in [1.29, 1.82) is 0 Å². The molecule has 0 aromatic heterocycles. The normalized spacial score (nSPS) is 11.5. The first kappa shape index (κ1) is 12.1. The SMILES string of the molecule is CCO[SiH](OCC)OCC(C)C. The lowest BCUT2D eigenvalue weighted by molar-refractivity contribution is 0.0920. The second-order valence-corrected chi connectivity index (χ2v) is 4.50. The molecule has 3 nitrogen and oxygen atoms in total. The van der Waals surface area contributed by atoms with Gasteiger partial charge in [0, 0.05) is 19.8 Å². The summed E-state index contributed by atoms with van der Waals surface area (Å²) < 4.78 is 16.1. The molecule has 0 saturated heterocycles. The van der Waals surface area contributed by atoms with Crippen LogP contribution >= 0.6 is 0 Å². The van der Waals surface area contributed by atoms with Gasteiger partial charge in [0.05, 0.1) is 0 Å². The summed E-state index contributed by atoms with van der Waals surface area (Å²) in [6.07, 6.45) is 0. The molecule has 0 aliphatic heterocycles. The Bertz CT molecular complexity index is 92.3. The average molecular weight is 192 g/mol. The summed E-state index contributed by atoms with van der Waals surface area (Å²) in [6.45, 7) is 10.2. The zero-order valence-corrected chi connectivity index (χ0v) is 9.66. The Hall–Kier alpha value is 0.0969. The van der Waals surface area contributed by atoms with Gasteiger partial charge in [0.1, 0.15) is 0 Å².